The van der Waals surface area contributed by atoms with Crippen LogP contribution in [-0.4, -0.2) is 38.3 Å². The summed E-state index contributed by atoms with van der Waals surface area (Å²) in [6, 6.07) is 3.74. The number of rotatable bonds is 6. The van der Waals surface area contributed by atoms with Gasteiger partial charge in [-0.3, -0.25) is 4.79 Å². The van der Waals surface area contributed by atoms with Gasteiger partial charge in [0.15, 0.2) is 6.61 Å². The summed E-state index contributed by atoms with van der Waals surface area (Å²) in [6.07, 6.45) is -9.39. The lowest BCUT2D eigenvalue weighted by atomic mass is 10.1. The van der Waals surface area contributed by atoms with Crippen molar-refractivity contribution in [2.24, 2.45) is 0 Å². The standard InChI is InChI=1S/C19H16ClF6N5O2/c1-9-12(10(2)31-17(27-9)29-16(30-31)19(24,25)26)4-6-15(32)28-13-7-11(20)3-5-14(13)33-8-18(21,22)23/h3,5,7H,4,6,8H2,1-2H3,(H,28,32). The molecule has 0 unspecified atom stereocenters. The Hall–Kier alpha value is -3.09. The van der Waals surface area contributed by atoms with E-state index in [4.69, 9.17) is 16.3 Å². The minimum atomic E-state index is -4.74. The number of benzene rings is 1. The van der Waals surface area contributed by atoms with E-state index < -0.39 is 30.7 Å². The molecule has 1 amide bonds. The minimum Gasteiger partial charge on any atom is -0.482 e. The van der Waals surface area contributed by atoms with Gasteiger partial charge in [0.25, 0.3) is 11.6 Å². The van der Waals surface area contributed by atoms with Gasteiger partial charge in [-0.05, 0) is 44.0 Å². The zero-order valence-electron chi connectivity index (χ0n) is 17.1. The molecular weight excluding hydrogens is 480 g/mol. The van der Waals surface area contributed by atoms with Crippen LogP contribution < -0.4 is 10.1 Å². The number of hydrogen-bond donors (Lipinski definition) is 1. The number of nitrogens with zero attached hydrogens (tertiary/aromatic N) is 4. The molecule has 0 aliphatic rings. The van der Waals surface area contributed by atoms with Crippen LogP contribution in [0.1, 0.15) is 29.2 Å². The SMILES string of the molecule is Cc1nc2nc(C(F)(F)F)nn2c(C)c1CCC(=O)Nc1cc(Cl)ccc1OCC(F)(F)F. The van der Waals surface area contributed by atoms with Gasteiger partial charge in [0.2, 0.25) is 5.91 Å². The van der Waals surface area contributed by atoms with E-state index in [1.807, 2.05) is 0 Å². The number of amides is 1. The lowest BCUT2D eigenvalue weighted by Crippen LogP contribution is -2.20. The van der Waals surface area contributed by atoms with Gasteiger partial charge in [-0.2, -0.15) is 31.3 Å². The zero-order chi connectivity index (χ0) is 24.6. The third kappa shape index (κ3) is 6.03. The molecule has 3 rings (SSSR count). The maximum atomic E-state index is 12.9. The van der Waals surface area contributed by atoms with Gasteiger partial charge in [0, 0.05) is 22.8 Å². The van der Waals surface area contributed by atoms with Crippen LogP contribution in [0.4, 0.5) is 32.0 Å². The summed E-state index contributed by atoms with van der Waals surface area (Å²) in [6.45, 7) is 1.52. The van der Waals surface area contributed by atoms with Crippen molar-refractivity contribution in [2.45, 2.75) is 39.0 Å². The smallest absolute Gasteiger partial charge is 0.453 e. The van der Waals surface area contributed by atoms with Gasteiger partial charge in [0.1, 0.15) is 5.75 Å². The molecule has 7 nitrogen and oxygen atoms in total. The molecular formula is C19H16ClF6N5O2. The van der Waals surface area contributed by atoms with Crippen LogP contribution in [0.25, 0.3) is 5.78 Å². The summed E-state index contributed by atoms with van der Waals surface area (Å²) >= 11 is 5.86. The quantitative estimate of drug-likeness (QED) is 0.491. The number of aryl methyl sites for hydroxylation is 2. The Kier molecular flexibility index (Phi) is 6.73. The van der Waals surface area contributed by atoms with E-state index in [1.165, 1.54) is 25.1 Å². The fraction of sp³-hybridized carbons (Fsp3) is 0.368. The largest absolute Gasteiger partial charge is 0.482 e. The first-order chi connectivity index (χ1) is 15.2. The molecule has 0 aliphatic heterocycles. The lowest BCUT2D eigenvalue weighted by molar-refractivity contribution is -0.153. The molecule has 33 heavy (non-hydrogen) atoms. The first kappa shape index (κ1) is 24.6. The van der Waals surface area contributed by atoms with Crippen LogP contribution in [0.3, 0.4) is 0 Å². The van der Waals surface area contributed by atoms with Crippen molar-refractivity contribution in [3.05, 3.63) is 46.0 Å². The van der Waals surface area contributed by atoms with Crippen molar-refractivity contribution < 1.29 is 35.9 Å². The Morgan fingerprint density at radius 2 is 1.85 bits per heavy atom. The van der Waals surface area contributed by atoms with E-state index >= 15 is 0 Å². The molecule has 0 atom stereocenters. The van der Waals surface area contributed by atoms with Gasteiger partial charge in [-0.1, -0.05) is 11.6 Å². The van der Waals surface area contributed by atoms with Crippen LogP contribution in [0.5, 0.6) is 5.75 Å². The summed E-state index contributed by atoms with van der Waals surface area (Å²) in [7, 11) is 0. The molecule has 0 spiro atoms. The number of carbonyl (C=O) groups is 1. The van der Waals surface area contributed by atoms with Crippen molar-refractivity contribution in [1.82, 2.24) is 19.6 Å². The molecule has 2 heterocycles. The lowest BCUT2D eigenvalue weighted by Gasteiger charge is -2.15. The highest BCUT2D eigenvalue weighted by molar-refractivity contribution is 6.31. The molecule has 178 valence electrons. The second kappa shape index (κ2) is 9.04. The molecule has 0 radical (unpaired) electrons. The average Bonchev–Trinajstić information content (AvgIpc) is 3.11. The van der Waals surface area contributed by atoms with Gasteiger partial charge in [-0.15, -0.1) is 5.10 Å². The predicted octanol–water partition coefficient (Wildman–Crippen LogP) is 4.93. The molecule has 3 aromatic rings. The monoisotopic (exact) mass is 495 g/mol. The van der Waals surface area contributed by atoms with E-state index in [0.29, 0.717) is 17.0 Å². The Morgan fingerprint density at radius 1 is 1.15 bits per heavy atom. The van der Waals surface area contributed by atoms with E-state index in [0.717, 1.165) is 4.52 Å². The highest BCUT2D eigenvalue weighted by Gasteiger charge is 2.37. The second-order valence-corrected chi connectivity index (χ2v) is 7.44. The summed E-state index contributed by atoms with van der Waals surface area (Å²) in [4.78, 5) is 19.8. The number of anilines is 1. The summed E-state index contributed by atoms with van der Waals surface area (Å²) < 4.78 is 81.7. The molecule has 0 bridgehead atoms. The minimum absolute atomic E-state index is 0.0510. The summed E-state index contributed by atoms with van der Waals surface area (Å²) in [5.74, 6) is -2.36. The zero-order valence-corrected chi connectivity index (χ0v) is 17.9. The average molecular weight is 496 g/mol. The molecule has 0 fully saturated rings. The normalized spacial score (nSPS) is 12.3. The molecule has 2 aromatic heterocycles. The Balaban J connectivity index is 1.76. The number of ether oxygens (including phenoxy) is 1. The third-order valence-corrected chi connectivity index (χ3v) is 4.75. The topological polar surface area (TPSA) is 81.4 Å². The maximum Gasteiger partial charge on any atom is 0.453 e. The van der Waals surface area contributed by atoms with Crippen molar-refractivity contribution in [2.75, 3.05) is 11.9 Å². The van der Waals surface area contributed by atoms with Crippen molar-refractivity contribution in [1.29, 1.82) is 0 Å². The number of alkyl halides is 6. The van der Waals surface area contributed by atoms with Gasteiger partial charge in [0.05, 0.1) is 5.69 Å². The number of hydrogen-bond acceptors (Lipinski definition) is 5. The van der Waals surface area contributed by atoms with Gasteiger partial charge in [-0.25, -0.2) is 9.50 Å². The Bertz CT molecular complexity index is 1190. The van der Waals surface area contributed by atoms with Crippen LogP contribution in [-0.2, 0) is 17.4 Å². The molecule has 1 aromatic carbocycles. The van der Waals surface area contributed by atoms with Crippen molar-refractivity contribution in [3.8, 4) is 5.75 Å². The van der Waals surface area contributed by atoms with E-state index in [2.05, 4.69) is 20.4 Å². The first-order valence-electron chi connectivity index (χ1n) is 9.33. The Labute approximate surface area is 187 Å². The fourth-order valence-corrected chi connectivity index (χ4v) is 3.20. The van der Waals surface area contributed by atoms with E-state index in [9.17, 15) is 31.1 Å². The number of aromatic nitrogens is 4. The van der Waals surface area contributed by atoms with E-state index in [-0.39, 0.29) is 35.1 Å². The Morgan fingerprint density at radius 3 is 2.48 bits per heavy atom. The second-order valence-electron chi connectivity index (χ2n) is 7.00. The van der Waals surface area contributed by atoms with E-state index in [1.54, 1.807) is 6.92 Å². The van der Waals surface area contributed by atoms with Crippen molar-refractivity contribution >= 4 is 29.0 Å². The predicted molar refractivity (Wildman–Crippen MR) is 105 cm³/mol. The molecule has 0 saturated heterocycles. The first-order valence-corrected chi connectivity index (χ1v) is 9.71. The van der Waals surface area contributed by atoms with Crippen LogP contribution in [0.15, 0.2) is 18.2 Å². The third-order valence-electron chi connectivity index (χ3n) is 4.51. The fourth-order valence-electron chi connectivity index (χ4n) is 3.03. The highest BCUT2D eigenvalue weighted by atomic mass is 35.5. The molecule has 0 aliphatic carbocycles. The number of carbonyl (C=O) groups excluding carboxylic acids is 1. The number of halogens is 7. The molecule has 1 N–H and O–H groups in total. The maximum absolute atomic E-state index is 12.9. The molecule has 14 heteroatoms. The molecule has 0 saturated carbocycles. The van der Waals surface area contributed by atoms with Crippen LogP contribution in [0, 0.1) is 13.8 Å². The number of fused-ring (bicyclic) bond motifs is 1. The van der Waals surface area contributed by atoms with Gasteiger partial charge < -0.3 is 10.1 Å². The van der Waals surface area contributed by atoms with Crippen LogP contribution in [0.2, 0.25) is 5.02 Å². The summed E-state index contributed by atoms with van der Waals surface area (Å²) in [5.41, 5.74) is 1.12. The van der Waals surface area contributed by atoms with Gasteiger partial charge >= 0.3 is 12.4 Å². The van der Waals surface area contributed by atoms with Crippen LogP contribution >= 0.6 is 11.6 Å². The highest BCUT2D eigenvalue weighted by Crippen LogP contribution is 2.30. The van der Waals surface area contributed by atoms with Crippen molar-refractivity contribution in [3.63, 3.8) is 0 Å². The summed E-state index contributed by atoms with van der Waals surface area (Å²) in [5, 5.41) is 6.04. The number of nitrogens with one attached hydrogen (secondary N) is 1.